The van der Waals surface area contributed by atoms with Crippen LogP contribution in [0.1, 0.15) is 25.7 Å². The Kier molecular flexibility index (Phi) is 3.50. The highest BCUT2D eigenvalue weighted by atomic mass is 19.1. The van der Waals surface area contributed by atoms with Crippen molar-refractivity contribution in [2.24, 2.45) is 5.92 Å². The van der Waals surface area contributed by atoms with Crippen LogP contribution in [0.25, 0.3) is 0 Å². The van der Waals surface area contributed by atoms with Crippen molar-refractivity contribution in [3.05, 3.63) is 23.8 Å². The number of rotatable bonds is 3. The molecule has 0 bridgehead atoms. The van der Waals surface area contributed by atoms with Gasteiger partial charge < -0.3 is 10.6 Å². The second kappa shape index (κ2) is 4.90. The summed E-state index contributed by atoms with van der Waals surface area (Å²) in [5.74, 6) is -0.609. The summed E-state index contributed by atoms with van der Waals surface area (Å²) < 4.78 is 27.3. The summed E-state index contributed by atoms with van der Waals surface area (Å²) in [7, 11) is 1.73. The van der Waals surface area contributed by atoms with Crippen LogP contribution in [0, 0.1) is 17.6 Å². The molecule has 1 aromatic rings. The molecule has 0 aromatic heterocycles. The molecule has 1 aliphatic rings. The van der Waals surface area contributed by atoms with E-state index in [9.17, 15) is 8.78 Å². The number of nitrogens with zero attached hydrogens (tertiary/aromatic N) is 1. The van der Waals surface area contributed by atoms with Gasteiger partial charge in [-0.1, -0.05) is 12.8 Å². The molecule has 94 valence electrons. The molecule has 2 nitrogen and oxygen atoms in total. The van der Waals surface area contributed by atoms with Crippen molar-refractivity contribution in [3.63, 3.8) is 0 Å². The number of hydrogen-bond acceptors (Lipinski definition) is 2. The van der Waals surface area contributed by atoms with Crippen molar-refractivity contribution in [2.45, 2.75) is 25.7 Å². The van der Waals surface area contributed by atoms with E-state index in [1.54, 1.807) is 11.9 Å². The molecular formula is C13H18F2N2. The van der Waals surface area contributed by atoms with Gasteiger partial charge in [0.05, 0.1) is 0 Å². The van der Waals surface area contributed by atoms with Gasteiger partial charge in [0.1, 0.15) is 5.69 Å². The van der Waals surface area contributed by atoms with Crippen LogP contribution in [0.2, 0.25) is 0 Å². The first-order valence-corrected chi connectivity index (χ1v) is 6.03. The van der Waals surface area contributed by atoms with Gasteiger partial charge in [-0.2, -0.15) is 0 Å². The number of anilines is 2. The van der Waals surface area contributed by atoms with Crippen LogP contribution in [-0.2, 0) is 0 Å². The van der Waals surface area contributed by atoms with Crippen molar-refractivity contribution in [3.8, 4) is 0 Å². The van der Waals surface area contributed by atoms with Gasteiger partial charge in [0.25, 0.3) is 0 Å². The van der Waals surface area contributed by atoms with E-state index in [1.165, 1.54) is 25.0 Å². The first kappa shape index (κ1) is 12.1. The summed E-state index contributed by atoms with van der Waals surface area (Å²) in [6.45, 7) is 0.706. The molecule has 1 aromatic carbocycles. The monoisotopic (exact) mass is 240 g/mol. The van der Waals surface area contributed by atoms with E-state index in [4.69, 9.17) is 5.73 Å². The Balaban J connectivity index is 2.15. The molecule has 0 heterocycles. The molecule has 17 heavy (non-hydrogen) atoms. The van der Waals surface area contributed by atoms with E-state index in [0.29, 0.717) is 12.5 Å². The van der Waals surface area contributed by atoms with E-state index in [0.717, 1.165) is 12.8 Å². The fourth-order valence-corrected chi connectivity index (χ4v) is 2.62. The van der Waals surface area contributed by atoms with E-state index in [2.05, 4.69) is 0 Å². The van der Waals surface area contributed by atoms with E-state index >= 15 is 0 Å². The van der Waals surface area contributed by atoms with Gasteiger partial charge in [-0.3, -0.25) is 0 Å². The molecule has 0 radical (unpaired) electrons. The van der Waals surface area contributed by atoms with Crippen LogP contribution in [0.4, 0.5) is 20.2 Å². The number of hydrogen-bond donors (Lipinski definition) is 1. The van der Waals surface area contributed by atoms with E-state index in [1.807, 2.05) is 0 Å². The Morgan fingerprint density at radius 3 is 2.29 bits per heavy atom. The van der Waals surface area contributed by atoms with Gasteiger partial charge >= 0.3 is 0 Å². The zero-order valence-corrected chi connectivity index (χ0v) is 10.0. The van der Waals surface area contributed by atoms with Crippen LogP contribution < -0.4 is 10.6 Å². The number of nitrogen functional groups attached to an aromatic ring is 1. The SMILES string of the molecule is CN(CC1CCCC1)c1c(F)cc(N)cc1F. The quantitative estimate of drug-likeness (QED) is 0.822. The summed E-state index contributed by atoms with van der Waals surface area (Å²) in [6, 6.07) is 2.34. The lowest BCUT2D eigenvalue weighted by Crippen LogP contribution is -2.26. The maximum Gasteiger partial charge on any atom is 0.151 e. The zero-order valence-electron chi connectivity index (χ0n) is 10.0. The summed E-state index contributed by atoms with van der Waals surface area (Å²) in [5.41, 5.74) is 5.55. The maximum absolute atomic E-state index is 13.7. The average Bonchev–Trinajstić information content (AvgIpc) is 2.68. The highest BCUT2D eigenvalue weighted by Gasteiger charge is 2.20. The van der Waals surface area contributed by atoms with E-state index < -0.39 is 11.6 Å². The van der Waals surface area contributed by atoms with Gasteiger partial charge in [0.2, 0.25) is 0 Å². The van der Waals surface area contributed by atoms with Crippen LogP contribution in [-0.4, -0.2) is 13.6 Å². The third-order valence-corrected chi connectivity index (χ3v) is 3.43. The Hall–Kier alpha value is -1.32. The van der Waals surface area contributed by atoms with Gasteiger partial charge in [-0.05, 0) is 30.9 Å². The minimum Gasteiger partial charge on any atom is -0.399 e. The number of benzene rings is 1. The van der Waals surface area contributed by atoms with Crippen molar-refractivity contribution >= 4 is 11.4 Å². The Morgan fingerprint density at radius 1 is 1.24 bits per heavy atom. The average molecular weight is 240 g/mol. The Bertz CT molecular complexity index is 377. The summed E-state index contributed by atoms with van der Waals surface area (Å²) in [5, 5.41) is 0. The second-order valence-electron chi connectivity index (χ2n) is 4.86. The lowest BCUT2D eigenvalue weighted by atomic mass is 10.1. The van der Waals surface area contributed by atoms with Crippen molar-refractivity contribution in [1.29, 1.82) is 0 Å². The zero-order chi connectivity index (χ0) is 12.4. The molecule has 1 saturated carbocycles. The number of halogens is 2. The standard InChI is InChI=1S/C13H18F2N2/c1-17(8-9-4-2-3-5-9)13-11(14)6-10(16)7-12(13)15/h6-7,9H,2-5,8,16H2,1H3. The third-order valence-electron chi connectivity index (χ3n) is 3.43. The van der Waals surface area contributed by atoms with Crippen molar-refractivity contribution in [2.75, 3.05) is 24.2 Å². The molecule has 2 N–H and O–H groups in total. The number of nitrogens with two attached hydrogens (primary N) is 1. The van der Waals surface area contributed by atoms with E-state index in [-0.39, 0.29) is 11.4 Å². The molecule has 2 rings (SSSR count). The van der Waals surface area contributed by atoms with Crippen LogP contribution in [0.15, 0.2) is 12.1 Å². The van der Waals surface area contributed by atoms with Gasteiger partial charge in [-0.25, -0.2) is 8.78 Å². The van der Waals surface area contributed by atoms with Crippen molar-refractivity contribution in [1.82, 2.24) is 0 Å². The Labute approximate surface area is 100 Å². The largest absolute Gasteiger partial charge is 0.399 e. The summed E-state index contributed by atoms with van der Waals surface area (Å²) in [6.07, 6.45) is 4.77. The minimum atomic E-state index is -0.581. The molecule has 0 spiro atoms. The predicted molar refractivity (Wildman–Crippen MR) is 66.0 cm³/mol. The molecule has 0 saturated heterocycles. The summed E-state index contributed by atoms with van der Waals surface area (Å²) in [4.78, 5) is 1.67. The molecule has 4 heteroatoms. The van der Waals surface area contributed by atoms with Crippen LogP contribution in [0.5, 0.6) is 0 Å². The Morgan fingerprint density at radius 2 is 1.76 bits per heavy atom. The highest BCUT2D eigenvalue weighted by molar-refractivity contribution is 5.55. The van der Waals surface area contributed by atoms with Crippen LogP contribution in [0.3, 0.4) is 0 Å². The molecule has 1 fully saturated rings. The van der Waals surface area contributed by atoms with Gasteiger partial charge in [0, 0.05) is 19.3 Å². The van der Waals surface area contributed by atoms with Crippen LogP contribution >= 0.6 is 0 Å². The molecular weight excluding hydrogens is 222 g/mol. The smallest absolute Gasteiger partial charge is 0.151 e. The topological polar surface area (TPSA) is 29.3 Å². The van der Waals surface area contributed by atoms with Gasteiger partial charge in [-0.15, -0.1) is 0 Å². The first-order valence-electron chi connectivity index (χ1n) is 6.03. The molecule has 0 aliphatic heterocycles. The molecule has 0 amide bonds. The molecule has 0 unspecified atom stereocenters. The third kappa shape index (κ3) is 2.68. The second-order valence-corrected chi connectivity index (χ2v) is 4.86. The highest BCUT2D eigenvalue weighted by Crippen LogP contribution is 2.30. The lowest BCUT2D eigenvalue weighted by molar-refractivity contribution is 0.525. The maximum atomic E-state index is 13.7. The minimum absolute atomic E-state index is 0.0334. The normalized spacial score (nSPS) is 16.4. The fourth-order valence-electron chi connectivity index (χ4n) is 2.62. The predicted octanol–water partition coefficient (Wildman–Crippen LogP) is 3.17. The van der Waals surface area contributed by atoms with Gasteiger partial charge in [0.15, 0.2) is 11.6 Å². The van der Waals surface area contributed by atoms with Crippen molar-refractivity contribution < 1.29 is 8.78 Å². The first-order chi connectivity index (χ1) is 8.08. The summed E-state index contributed by atoms with van der Waals surface area (Å²) >= 11 is 0. The molecule has 1 aliphatic carbocycles. The lowest BCUT2D eigenvalue weighted by Gasteiger charge is -2.24. The fraction of sp³-hybridized carbons (Fsp3) is 0.538. The molecule has 0 atom stereocenters.